The van der Waals surface area contributed by atoms with Crippen LogP contribution in [0.2, 0.25) is 5.02 Å². The molecular weight excluding hydrogens is 474 g/mol. The average Bonchev–Trinajstić information content (AvgIpc) is 3.23. The predicted octanol–water partition coefficient (Wildman–Crippen LogP) is 5.90. The van der Waals surface area contributed by atoms with Crippen LogP contribution in [0.5, 0.6) is 11.5 Å². The van der Waals surface area contributed by atoms with Crippen molar-refractivity contribution < 1.29 is 14.3 Å². The second-order valence-electron chi connectivity index (χ2n) is 8.81. The van der Waals surface area contributed by atoms with E-state index in [4.69, 9.17) is 26.1 Å². The zero-order valence-corrected chi connectivity index (χ0v) is 21.6. The van der Waals surface area contributed by atoms with Crippen molar-refractivity contribution in [2.75, 3.05) is 19.8 Å². The van der Waals surface area contributed by atoms with Gasteiger partial charge in [-0.3, -0.25) is 4.79 Å². The molecule has 1 amide bonds. The summed E-state index contributed by atoms with van der Waals surface area (Å²) in [5.74, 6) is 2.32. The zero-order chi connectivity index (χ0) is 25.3. The third-order valence-electron chi connectivity index (χ3n) is 6.11. The number of aryl methyl sites for hydroxylation is 3. The summed E-state index contributed by atoms with van der Waals surface area (Å²) >= 11 is 5.88. The van der Waals surface area contributed by atoms with Crippen LogP contribution in [0.4, 0.5) is 0 Å². The van der Waals surface area contributed by atoms with Crippen LogP contribution in [0.15, 0.2) is 66.7 Å². The van der Waals surface area contributed by atoms with Gasteiger partial charge in [0.15, 0.2) is 6.61 Å². The van der Waals surface area contributed by atoms with E-state index >= 15 is 0 Å². The molecule has 1 N–H and O–H groups in total. The quantitative estimate of drug-likeness (QED) is 0.243. The first-order valence-corrected chi connectivity index (χ1v) is 12.7. The van der Waals surface area contributed by atoms with Crippen molar-refractivity contribution >= 4 is 28.5 Å². The van der Waals surface area contributed by atoms with E-state index in [9.17, 15) is 4.79 Å². The smallest absolute Gasteiger partial charge is 0.257 e. The summed E-state index contributed by atoms with van der Waals surface area (Å²) in [7, 11) is 0. The zero-order valence-electron chi connectivity index (χ0n) is 20.8. The molecule has 0 spiro atoms. The Labute approximate surface area is 217 Å². The first-order valence-electron chi connectivity index (χ1n) is 12.3. The number of amides is 1. The Hall–Kier alpha value is -3.51. The maximum Gasteiger partial charge on any atom is 0.257 e. The van der Waals surface area contributed by atoms with Gasteiger partial charge in [0.2, 0.25) is 0 Å². The minimum Gasteiger partial charge on any atom is -0.494 e. The molecule has 0 aliphatic carbocycles. The fourth-order valence-corrected chi connectivity index (χ4v) is 4.10. The molecule has 4 rings (SSSR count). The van der Waals surface area contributed by atoms with Crippen molar-refractivity contribution in [2.45, 2.75) is 39.7 Å². The first-order chi connectivity index (χ1) is 17.5. The molecule has 0 saturated heterocycles. The molecule has 4 aromatic rings. The van der Waals surface area contributed by atoms with Gasteiger partial charge in [0.1, 0.15) is 17.3 Å². The summed E-state index contributed by atoms with van der Waals surface area (Å²) in [6.07, 6.45) is 2.55. The molecule has 0 aliphatic rings. The van der Waals surface area contributed by atoms with E-state index < -0.39 is 0 Å². The molecule has 0 radical (unpaired) electrons. The number of imidazole rings is 1. The second kappa shape index (κ2) is 12.5. The Morgan fingerprint density at radius 2 is 1.72 bits per heavy atom. The Bertz CT molecular complexity index is 1300. The van der Waals surface area contributed by atoms with E-state index in [1.165, 1.54) is 11.1 Å². The molecule has 1 heterocycles. The maximum absolute atomic E-state index is 12.2. The van der Waals surface area contributed by atoms with Crippen molar-refractivity contribution in [3.63, 3.8) is 0 Å². The minimum atomic E-state index is -0.170. The number of carbonyl (C=O) groups is 1. The van der Waals surface area contributed by atoms with Crippen LogP contribution in [-0.4, -0.2) is 35.2 Å². The molecule has 188 valence electrons. The van der Waals surface area contributed by atoms with E-state index in [2.05, 4.69) is 41.9 Å². The van der Waals surface area contributed by atoms with Gasteiger partial charge in [0.25, 0.3) is 5.91 Å². The normalized spacial score (nSPS) is 11.0. The van der Waals surface area contributed by atoms with E-state index in [0.717, 1.165) is 42.0 Å². The third kappa shape index (κ3) is 7.01. The Morgan fingerprint density at radius 3 is 2.53 bits per heavy atom. The van der Waals surface area contributed by atoms with Crippen LogP contribution in [0.3, 0.4) is 0 Å². The largest absolute Gasteiger partial charge is 0.494 e. The predicted molar refractivity (Wildman–Crippen MR) is 144 cm³/mol. The number of ether oxygens (including phenoxy) is 2. The molecule has 0 saturated carbocycles. The van der Waals surface area contributed by atoms with Gasteiger partial charge in [-0.25, -0.2) is 4.98 Å². The Balaban J connectivity index is 1.26. The minimum absolute atomic E-state index is 0.0431. The standard InChI is InChI=1S/C29H32ClN3O3/c1-21-9-12-25(19-22(21)2)35-18-6-5-17-33-27-8-4-3-7-26(27)32-28(33)15-16-31-29(34)20-36-24-13-10-23(30)11-14-24/h3-4,7-14,19H,5-6,15-18,20H2,1-2H3,(H,31,34). The summed E-state index contributed by atoms with van der Waals surface area (Å²) < 4.78 is 13.7. The number of carbonyl (C=O) groups excluding carboxylic acids is 1. The highest BCUT2D eigenvalue weighted by Gasteiger charge is 2.11. The van der Waals surface area contributed by atoms with E-state index in [-0.39, 0.29) is 12.5 Å². The van der Waals surface area contributed by atoms with Crippen LogP contribution >= 0.6 is 11.6 Å². The molecular formula is C29H32ClN3O3. The Kier molecular flexibility index (Phi) is 8.85. The van der Waals surface area contributed by atoms with Gasteiger partial charge in [0.05, 0.1) is 17.6 Å². The van der Waals surface area contributed by atoms with Crippen molar-refractivity contribution in [2.24, 2.45) is 0 Å². The van der Waals surface area contributed by atoms with Crippen LogP contribution < -0.4 is 14.8 Å². The lowest BCUT2D eigenvalue weighted by molar-refractivity contribution is -0.123. The first kappa shape index (κ1) is 25.6. The fraction of sp³-hybridized carbons (Fsp3) is 0.310. The molecule has 0 atom stereocenters. The summed E-state index contributed by atoms with van der Waals surface area (Å²) in [4.78, 5) is 17.0. The number of hydrogen-bond donors (Lipinski definition) is 1. The van der Waals surface area contributed by atoms with Crippen LogP contribution in [0.1, 0.15) is 29.8 Å². The number of benzene rings is 3. The molecule has 7 heteroatoms. The van der Waals surface area contributed by atoms with E-state index in [0.29, 0.717) is 30.3 Å². The highest BCUT2D eigenvalue weighted by atomic mass is 35.5. The number of aromatic nitrogens is 2. The van der Waals surface area contributed by atoms with Gasteiger partial charge >= 0.3 is 0 Å². The van der Waals surface area contributed by atoms with E-state index in [1.807, 2.05) is 24.3 Å². The summed E-state index contributed by atoms with van der Waals surface area (Å²) in [5, 5.41) is 3.55. The van der Waals surface area contributed by atoms with Gasteiger partial charge in [-0.05, 0) is 86.3 Å². The second-order valence-corrected chi connectivity index (χ2v) is 9.25. The lowest BCUT2D eigenvalue weighted by Crippen LogP contribution is -2.31. The highest BCUT2D eigenvalue weighted by molar-refractivity contribution is 6.30. The highest BCUT2D eigenvalue weighted by Crippen LogP contribution is 2.19. The number of fused-ring (bicyclic) bond motifs is 1. The molecule has 3 aromatic carbocycles. The van der Waals surface area contributed by atoms with Crippen LogP contribution in [0.25, 0.3) is 11.0 Å². The van der Waals surface area contributed by atoms with Crippen molar-refractivity contribution in [1.82, 2.24) is 14.9 Å². The van der Waals surface area contributed by atoms with Gasteiger partial charge in [-0.15, -0.1) is 0 Å². The average molecular weight is 506 g/mol. The number of hydrogen-bond acceptors (Lipinski definition) is 4. The number of para-hydroxylation sites is 2. The van der Waals surface area contributed by atoms with Gasteiger partial charge in [-0.1, -0.05) is 29.8 Å². The molecule has 0 unspecified atom stereocenters. The topological polar surface area (TPSA) is 65.4 Å². The number of halogens is 1. The van der Waals surface area contributed by atoms with Crippen molar-refractivity contribution in [3.8, 4) is 11.5 Å². The van der Waals surface area contributed by atoms with Crippen LogP contribution in [0, 0.1) is 13.8 Å². The van der Waals surface area contributed by atoms with Gasteiger partial charge in [-0.2, -0.15) is 0 Å². The van der Waals surface area contributed by atoms with Gasteiger partial charge < -0.3 is 19.4 Å². The summed E-state index contributed by atoms with van der Waals surface area (Å²) in [5.41, 5.74) is 4.59. The molecule has 0 bridgehead atoms. The lowest BCUT2D eigenvalue weighted by atomic mass is 10.1. The Morgan fingerprint density at radius 1 is 0.944 bits per heavy atom. The number of nitrogens with one attached hydrogen (secondary N) is 1. The molecule has 36 heavy (non-hydrogen) atoms. The molecule has 6 nitrogen and oxygen atoms in total. The fourth-order valence-electron chi connectivity index (χ4n) is 3.98. The molecule has 0 fully saturated rings. The monoisotopic (exact) mass is 505 g/mol. The molecule has 1 aromatic heterocycles. The van der Waals surface area contributed by atoms with Crippen molar-refractivity contribution in [3.05, 3.63) is 88.7 Å². The van der Waals surface area contributed by atoms with E-state index in [1.54, 1.807) is 24.3 Å². The van der Waals surface area contributed by atoms with Crippen molar-refractivity contribution in [1.29, 1.82) is 0 Å². The number of unbranched alkanes of at least 4 members (excludes halogenated alkanes) is 1. The molecule has 0 aliphatic heterocycles. The van der Waals surface area contributed by atoms with Crippen LogP contribution in [-0.2, 0) is 17.8 Å². The maximum atomic E-state index is 12.2. The lowest BCUT2D eigenvalue weighted by Gasteiger charge is -2.11. The number of rotatable bonds is 12. The van der Waals surface area contributed by atoms with Gasteiger partial charge in [0, 0.05) is 24.5 Å². The summed E-state index contributed by atoms with van der Waals surface area (Å²) in [6, 6.07) is 21.3. The summed E-state index contributed by atoms with van der Waals surface area (Å²) in [6.45, 7) is 6.17. The SMILES string of the molecule is Cc1ccc(OCCCCn2c(CCNC(=O)COc3ccc(Cl)cc3)nc3ccccc32)cc1C. The third-order valence-corrected chi connectivity index (χ3v) is 6.36. The number of nitrogens with zero attached hydrogens (tertiary/aromatic N) is 2.